The maximum Gasteiger partial charge on any atom is 0.504 e. The second-order valence-electron chi connectivity index (χ2n) is 7.23. The number of hydrogen-bond acceptors (Lipinski definition) is 3. The Labute approximate surface area is 150 Å². The van der Waals surface area contributed by atoms with Gasteiger partial charge in [0.2, 0.25) is 0 Å². The van der Waals surface area contributed by atoms with Crippen molar-refractivity contribution in [2.75, 3.05) is 13.1 Å². The number of rotatable bonds is 4. The molecule has 0 spiro atoms. The third kappa shape index (κ3) is 4.25. The molecule has 4 nitrogen and oxygen atoms in total. The molecule has 0 bridgehead atoms. The zero-order valence-corrected chi connectivity index (χ0v) is 14.6. The molecule has 1 saturated heterocycles. The summed E-state index contributed by atoms with van der Waals surface area (Å²) < 4.78 is 37.9. The molecule has 0 atom stereocenters. The fourth-order valence-corrected chi connectivity index (χ4v) is 3.28. The van der Waals surface area contributed by atoms with Crippen molar-refractivity contribution in [3.8, 4) is 17.3 Å². The van der Waals surface area contributed by atoms with Gasteiger partial charge in [-0.2, -0.15) is 15.0 Å². The van der Waals surface area contributed by atoms with Crippen molar-refractivity contribution < 1.29 is 13.2 Å². The van der Waals surface area contributed by atoms with Crippen LogP contribution in [0.25, 0.3) is 11.3 Å². The summed E-state index contributed by atoms with van der Waals surface area (Å²) in [4.78, 5) is 2.35. The maximum absolute atomic E-state index is 12.6. The zero-order chi connectivity index (χ0) is 18.8. The summed E-state index contributed by atoms with van der Waals surface area (Å²) in [6, 6.07) is 11.1. The van der Waals surface area contributed by atoms with Gasteiger partial charge in [0, 0.05) is 24.7 Å². The van der Waals surface area contributed by atoms with Gasteiger partial charge in [-0.15, -0.1) is 13.2 Å². The van der Waals surface area contributed by atoms with Gasteiger partial charge in [0.05, 0.1) is 11.8 Å². The van der Waals surface area contributed by atoms with E-state index in [1.54, 1.807) is 0 Å². The Morgan fingerprint density at radius 1 is 1.15 bits per heavy atom. The number of likely N-dealkylation sites (tertiary alicyclic amines) is 1. The van der Waals surface area contributed by atoms with Crippen LogP contribution in [0.1, 0.15) is 31.7 Å². The van der Waals surface area contributed by atoms with E-state index in [1.165, 1.54) is 6.07 Å². The van der Waals surface area contributed by atoms with Gasteiger partial charge in [-0.1, -0.05) is 31.2 Å². The number of aromatic nitrogens is 2. The largest absolute Gasteiger partial charge is 0.504 e. The highest BCUT2D eigenvalue weighted by Gasteiger charge is 2.32. The first-order valence-electron chi connectivity index (χ1n) is 8.61. The topological polar surface area (TPSA) is 44.9 Å². The lowest BCUT2D eigenvalue weighted by Crippen LogP contribution is -2.38. The van der Waals surface area contributed by atoms with Crippen LogP contribution >= 0.6 is 0 Å². The van der Waals surface area contributed by atoms with E-state index >= 15 is 0 Å². The van der Waals surface area contributed by atoms with E-state index < -0.39 is 6.30 Å². The van der Waals surface area contributed by atoms with E-state index in [0.717, 1.165) is 44.2 Å². The second kappa shape index (κ2) is 7.12. The molecule has 0 N–H and O–H groups in total. The van der Waals surface area contributed by atoms with Crippen LogP contribution in [0.3, 0.4) is 0 Å². The van der Waals surface area contributed by atoms with Crippen molar-refractivity contribution in [1.82, 2.24) is 14.7 Å². The molecular formula is C19H21F3N4. The summed E-state index contributed by atoms with van der Waals surface area (Å²) in [7, 11) is 0. The summed E-state index contributed by atoms with van der Waals surface area (Å²) in [5.41, 5.74) is 2.20. The number of nitriles is 1. The summed E-state index contributed by atoms with van der Waals surface area (Å²) in [5.74, 6) is 0. The molecule has 1 aliphatic rings. The molecule has 0 aliphatic carbocycles. The van der Waals surface area contributed by atoms with E-state index in [4.69, 9.17) is 5.26 Å². The van der Waals surface area contributed by atoms with E-state index in [-0.39, 0.29) is 10.1 Å². The smallest absolute Gasteiger partial charge is 0.299 e. The van der Waals surface area contributed by atoms with Crippen LogP contribution in [-0.4, -0.2) is 27.8 Å². The number of piperidine rings is 1. The summed E-state index contributed by atoms with van der Waals surface area (Å²) in [5, 5.41) is 12.5. The molecule has 3 rings (SSSR count). The predicted octanol–water partition coefficient (Wildman–Crippen LogP) is 4.54. The minimum Gasteiger partial charge on any atom is -0.299 e. The van der Waals surface area contributed by atoms with Crippen molar-refractivity contribution in [2.45, 2.75) is 39.0 Å². The minimum atomic E-state index is -4.49. The van der Waals surface area contributed by atoms with Crippen molar-refractivity contribution >= 4 is 0 Å². The van der Waals surface area contributed by atoms with Crippen LogP contribution in [0.2, 0.25) is 0 Å². The van der Waals surface area contributed by atoms with Crippen molar-refractivity contribution in [2.24, 2.45) is 5.41 Å². The summed E-state index contributed by atoms with van der Waals surface area (Å²) in [6.45, 7) is 4.88. The fourth-order valence-electron chi connectivity index (χ4n) is 3.28. The Morgan fingerprint density at radius 2 is 1.81 bits per heavy atom. The van der Waals surface area contributed by atoms with E-state index in [1.807, 2.05) is 24.3 Å². The van der Waals surface area contributed by atoms with Crippen LogP contribution in [0.5, 0.6) is 0 Å². The summed E-state index contributed by atoms with van der Waals surface area (Å²) >= 11 is 0. The van der Waals surface area contributed by atoms with Crippen LogP contribution in [0.4, 0.5) is 13.2 Å². The normalized spacial score (nSPS) is 17.8. The molecule has 0 radical (unpaired) electrons. The standard InChI is InChI=1S/C19H21F3N4/c1-18(7-10-23)8-12-25(13-9-18)14-15-2-4-16(5-3-15)17-6-11-26(24-17)19(20,21)22/h2-6,11H,7-9,12-14H2,1H3. The molecule has 1 fully saturated rings. The number of hydrogen-bond donors (Lipinski definition) is 0. The lowest BCUT2D eigenvalue weighted by molar-refractivity contribution is -0.212. The first-order valence-corrected chi connectivity index (χ1v) is 8.61. The lowest BCUT2D eigenvalue weighted by Gasteiger charge is -2.38. The van der Waals surface area contributed by atoms with Gasteiger partial charge in [0.25, 0.3) is 0 Å². The third-order valence-electron chi connectivity index (χ3n) is 5.07. The van der Waals surface area contributed by atoms with Gasteiger partial charge >= 0.3 is 6.30 Å². The maximum atomic E-state index is 12.6. The van der Waals surface area contributed by atoms with Crippen LogP contribution in [0, 0.1) is 16.7 Å². The van der Waals surface area contributed by atoms with Crippen molar-refractivity contribution in [3.05, 3.63) is 42.1 Å². The Hall–Kier alpha value is -2.33. The van der Waals surface area contributed by atoms with Crippen LogP contribution in [-0.2, 0) is 12.8 Å². The van der Waals surface area contributed by atoms with Crippen molar-refractivity contribution in [3.63, 3.8) is 0 Å². The first kappa shape index (κ1) is 18.5. The van der Waals surface area contributed by atoms with Crippen LogP contribution < -0.4 is 0 Å². The van der Waals surface area contributed by atoms with E-state index in [0.29, 0.717) is 17.7 Å². The number of nitrogens with zero attached hydrogens (tertiary/aromatic N) is 4. The van der Waals surface area contributed by atoms with Gasteiger partial charge in [-0.05, 0) is 43.0 Å². The minimum absolute atomic E-state index is 0.0161. The average molecular weight is 362 g/mol. The quantitative estimate of drug-likeness (QED) is 0.802. The molecule has 0 saturated carbocycles. The Bertz CT molecular complexity index is 778. The van der Waals surface area contributed by atoms with Gasteiger partial charge < -0.3 is 0 Å². The highest BCUT2D eigenvalue weighted by molar-refractivity contribution is 5.58. The molecule has 26 heavy (non-hydrogen) atoms. The second-order valence-corrected chi connectivity index (χ2v) is 7.23. The Morgan fingerprint density at radius 3 is 2.35 bits per heavy atom. The van der Waals surface area contributed by atoms with E-state index in [9.17, 15) is 13.2 Å². The Balaban J connectivity index is 1.60. The highest BCUT2D eigenvalue weighted by Crippen LogP contribution is 2.34. The molecule has 1 aromatic heterocycles. The van der Waals surface area contributed by atoms with Gasteiger partial charge in [-0.3, -0.25) is 4.90 Å². The number of halogens is 3. The average Bonchev–Trinajstić information content (AvgIpc) is 3.08. The van der Waals surface area contributed by atoms with E-state index in [2.05, 4.69) is 23.0 Å². The summed E-state index contributed by atoms with van der Waals surface area (Å²) in [6.07, 6.45) is -0.955. The number of benzene rings is 1. The molecule has 1 aromatic carbocycles. The van der Waals surface area contributed by atoms with Crippen LogP contribution in [0.15, 0.2) is 36.5 Å². The zero-order valence-electron chi connectivity index (χ0n) is 14.6. The third-order valence-corrected chi connectivity index (χ3v) is 5.07. The Kier molecular flexibility index (Phi) is 5.05. The molecule has 138 valence electrons. The predicted molar refractivity (Wildman–Crippen MR) is 91.8 cm³/mol. The lowest BCUT2D eigenvalue weighted by atomic mass is 9.78. The molecule has 2 heterocycles. The molecule has 7 heteroatoms. The fraction of sp³-hybridized carbons (Fsp3) is 0.474. The van der Waals surface area contributed by atoms with Gasteiger partial charge in [0.1, 0.15) is 0 Å². The highest BCUT2D eigenvalue weighted by atomic mass is 19.4. The molecule has 0 unspecified atom stereocenters. The van der Waals surface area contributed by atoms with Gasteiger partial charge in [0.15, 0.2) is 0 Å². The van der Waals surface area contributed by atoms with Crippen molar-refractivity contribution in [1.29, 1.82) is 5.26 Å². The first-order chi connectivity index (χ1) is 12.3. The monoisotopic (exact) mass is 362 g/mol. The molecule has 1 aliphatic heterocycles. The number of alkyl halides is 3. The molecule has 0 amide bonds. The molecule has 2 aromatic rings. The molecular weight excluding hydrogens is 341 g/mol. The SMILES string of the molecule is CC1(CC#N)CCN(Cc2ccc(-c3ccn(C(F)(F)F)n3)cc2)CC1. The van der Waals surface area contributed by atoms with Gasteiger partial charge in [-0.25, -0.2) is 0 Å².